The first-order valence-electron chi connectivity index (χ1n) is 7.08. The van der Waals surface area contributed by atoms with Gasteiger partial charge in [-0.05, 0) is 31.2 Å². The van der Waals surface area contributed by atoms with Gasteiger partial charge in [-0.2, -0.15) is 4.98 Å². The molecular weight excluding hydrogens is 334 g/mol. The first-order chi connectivity index (χ1) is 10.1. The fourth-order valence-electron chi connectivity index (χ4n) is 2.03. The number of hydrogen-bond donors (Lipinski definition) is 1. The predicted octanol–water partition coefficient (Wildman–Crippen LogP) is 3.39. The van der Waals surface area contributed by atoms with Gasteiger partial charge in [0.25, 0.3) is 0 Å². The van der Waals surface area contributed by atoms with Crippen molar-refractivity contribution < 1.29 is 9.26 Å². The highest BCUT2D eigenvalue weighted by atomic mass is 79.9. The summed E-state index contributed by atoms with van der Waals surface area (Å²) >= 11 is 3.52. The van der Waals surface area contributed by atoms with Crippen molar-refractivity contribution in [3.05, 3.63) is 39.4 Å². The SMILES string of the molecule is CCNCc1cc(Br)cc(C)c1OCc1noc(CC)n1. The summed E-state index contributed by atoms with van der Waals surface area (Å²) in [5, 5.41) is 7.23. The van der Waals surface area contributed by atoms with E-state index in [4.69, 9.17) is 9.26 Å². The Morgan fingerprint density at radius 1 is 1.33 bits per heavy atom. The molecule has 1 aromatic carbocycles. The van der Waals surface area contributed by atoms with Crippen molar-refractivity contribution >= 4 is 15.9 Å². The maximum Gasteiger partial charge on any atom is 0.226 e. The second-order valence-corrected chi connectivity index (χ2v) is 5.65. The van der Waals surface area contributed by atoms with E-state index in [1.54, 1.807) is 0 Å². The predicted molar refractivity (Wildman–Crippen MR) is 84.3 cm³/mol. The Labute approximate surface area is 133 Å². The van der Waals surface area contributed by atoms with E-state index in [0.29, 0.717) is 18.3 Å². The molecule has 1 N–H and O–H groups in total. The van der Waals surface area contributed by atoms with E-state index in [-0.39, 0.29) is 0 Å². The molecular formula is C15H20BrN3O2. The smallest absolute Gasteiger partial charge is 0.226 e. The first-order valence-corrected chi connectivity index (χ1v) is 7.87. The van der Waals surface area contributed by atoms with Gasteiger partial charge in [0.15, 0.2) is 6.61 Å². The molecule has 0 saturated heterocycles. The largest absolute Gasteiger partial charge is 0.485 e. The van der Waals surface area contributed by atoms with Gasteiger partial charge in [0.2, 0.25) is 11.7 Å². The van der Waals surface area contributed by atoms with Crippen molar-refractivity contribution in [1.29, 1.82) is 0 Å². The fraction of sp³-hybridized carbons (Fsp3) is 0.467. The molecule has 0 spiro atoms. The van der Waals surface area contributed by atoms with Crippen molar-refractivity contribution in [2.75, 3.05) is 6.54 Å². The molecule has 0 amide bonds. The number of nitrogens with one attached hydrogen (secondary N) is 1. The molecule has 114 valence electrons. The highest BCUT2D eigenvalue weighted by Crippen LogP contribution is 2.28. The Hall–Kier alpha value is -1.40. The average molecular weight is 354 g/mol. The van der Waals surface area contributed by atoms with Crippen LogP contribution < -0.4 is 10.1 Å². The van der Waals surface area contributed by atoms with Crippen LogP contribution in [0.15, 0.2) is 21.1 Å². The van der Waals surface area contributed by atoms with Crippen molar-refractivity contribution in [3.63, 3.8) is 0 Å². The van der Waals surface area contributed by atoms with E-state index in [9.17, 15) is 0 Å². The highest BCUT2D eigenvalue weighted by Gasteiger charge is 2.11. The summed E-state index contributed by atoms with van der Waals surface area (Å²) in [6.07, 6.45) is 0.732. The van der Waals surface area contributed by atoms with E-state index in [0.717, 1.165) is 40.9 Å². The quantitative estimate of drug-likeness (QED) is 0.826. The van der Waals surface area contributed by atoms with Gasteiger partial charge in [-0.3, -0.25) is 0 Å². The monoisotopic (exact) mass is 353 g/mol. The second kappa shape index (κ2) is 7.56. The molecule has 6 heteroatoms. The minimum atomic E-state index is 0.311. The van der Waals surface area contributed by atoms with Crippen molar-refractivity contribution in [3.8, 4) is 5.75 Å². The number of rotatable bonds is 7. The first kappa shape index (κ1) is 16.0. The molecule has 1 aromatic heterocycles. The Kier molecular flexibility index (Phi) is 5.76. The zero-order valence-corrected chi connectivity index (χ0v) is 14.2. The third-order valence-electron chi connectivity index (χ3n) is 3.04. The summed E-state index contributed by atoms with van der Waals surface area (Å²) in [7, 11) is 0. The molecule has 0 saturated carbocycles. The third kappa shape index (κ3) is 4.28. The lowest BCUT2D eigenvalue weighted by atomic mass is 10.1. The Morgan fingerprint density at radius 3 is 2.81 bits per heavy atom. The van der Waals surface area contributed by atoms with E-state index >= 15 is 0 Å². The van der Waals surface area contributed by atoms with Gasteiger partial charge in [0.05, 0.1) is 0 Å². The van der Waals surface area contributed by atoms with Crippen LogP contribution in [0.3, 0.4) is 0 Å². The van der Waals surface area contributed by atoms with Gasteiger partial charge in [0.1, 0.15) is 5.75 Å². The topological polar surface area (TPSA) is 60.2 Å². The molecule has 0 bridgehead atoms. The summed E-state index contributed by atoms with van der Waals surface area (Å²) in [5.74, 6) is 2.08. The van der Waals surface area contributed by atoms with Crippen LogP contribution in [-0.4, -0.2) is 16.7 Å². The number of aryl methyl sites for hydroxylation is 2. The molecule has 2 rings (SSSR count). The van der Waals surface area contributed by atoms with Gasteiger partial charge in [-0.1, -0.05) is 34.9 Å². The van der Waals surface area contributed by atoms with Crippen LogP contribution in [0.2, 0.25) is 0 Å². The minimum absolute atomic E-state index is 0.311. The highest BCUT2D eigenvalue weighted by molar-refractivity contribution is 9.10. The molecule has 0 atom stereocenters. The maximum atomic E-state index is 5.92. The van der Waals surface area contributed by atoms with Crippen molar-refractivity contribution in [1.82, 2.24) is 15.5 Å². The molecule has 5 nitrogen and oxygen atoms in total. The van der Waals surface area contributed by atoms with Crippen LogP contribution >= 0.6 is 15.9 Å². The third-order valence-corrected chi connectivity index (χ3v) is 3.50. The molecule has 0 aliphatic carbocycles. The van der Waals surface area contributed by atoms with Gasteiger partial charge < -0.3 is 14.6 Å². The molecule has 0 radical (unpaired) electrons. The summed E-state index contributed by atoms with van der Waals surface area (Å²) in [5.41, 5.74) is 2.19. The number of halogens is 1. The fourth-order valence-corrected chi connectivity index (χ4v) is 2.65. The standard InChI is InChI=1S/C15H20BrN3O2/c1-4-14-18-13(19-21-14)9-20-15-10(3)6-12(16)7-11(15)8-17-5-2/h6-7,17H,4-5,8-9H2,1-3H3. The number of hydrogen-bond acceptors (Lipinski definition) is 5. The van der Waals surface area contributed by atoms with Crippen LogP contribution in [0, 0.1) is 6.92 Å². The Balaban J connectivity index is 2.13. The number of nitrogens with zero attached hydrogens (tertiary/aromatic N) is 2. The summed E-state index contributed by atoms with van der Waals surface area (Å²) < 4.78 is 12.1. The number of ether oxygens (including phenoxy) is 1. The van der Waals surface area contributed by atoms with Gasteiger partial charge in [-0.25, -0.2) is 0 Å². The van der Waals surface area contributed by atoms with Crippen molar-refractivity contribution in [2.45, 2.75) is 40.3 Å². The molecule has 0 aliphatic rings. The van der Waals surface area contributed by atoms with Crippen LogP contribution in [-0.2, 0) is 19.6 Å². The normalized spacial score (nSPS) is 10.9. The second-order valence-electron chi connectivity index (χ2n) is 4.74. The molecule has 1 heterocycles. The van der Waals surface area contributed by atoms with Crippen molar-refractivity contribution in [2.24, 2.45) is 0 Å². The zero-order valence-electron chi connectivity index (χ0n) is 12.6. The van der Waals surface area contributed by atoms with E-state index < -0.39 is 0 Å². The van der Waals surface area contributed by atoms with Crippen LogP contribution in [0.4, 0.5) is 0 Å². The molecule has 0 aliphatic heterocycles. The van der Waals surface area contributed by atoms with Gasteiger partial charge >= 0.3 is 0 Å². The maximum absolute atomic E-state index is 5.92. The van der Waals surface area contributed by atoms with E-state index in [1.807, 2.05) is 19.9 Å². The van der Waals surface area contributed by atoms with E-state index in [2.05, 4.69) is 44.4 Å². The summed E-state index contributed by atoms with van der Waals surface area (Å²) in [4.78, 5) is 4.26. The molecule has 0 unspecified atom stereocenters. The summed E-state index contributed by atoms with van der Waals surface area (Å²) in [6.45, 7) is 8.07. The minimum Gasteiger partial charge on any atom is -0.485 e. The lowest BCUT2D eigenvalue weighted by Gasteiger charge is -2.14. The molecule has 21 heavy (non-hydrogen) atoms. The van der Waals surface area contributed by atoms with Crippen LogP contribution in [0.1, 0.15) is 36.7 Å². The number of benzene rings is 1. The average Bonchev–Trinajstić information content (AvgIpc) is 2.91. The van der Waals surface area contributed by atoms with E-state index in [1.165, 1.54) is 0 Å². The number of aromatic nitrogens is 2. The van der Waals surface area contributed by atoms with Gasteiger partial charge in [-0.15, -0.1) is 0 Å². The van der Waals surface area contributed by atoms with Crippen LogP contribution in [0.25, 0.3) is 0 Å². The Morgan fingerprint density at radius 2 is 2.14 bits per heavy atom. The lowest BCUT2D eigenvalue weighted by Crippen LogP contribution is -2.13. The lowest BCUT2D eigenvalue weighted by molar-refractivity contribution is 0.280. The summed E-state index contributed by atoms with van der Waals surface area (Å²) in [6, 6.07) is 4.11. The molecule has 0 fully saturated rings. The Bertz CT molecular complexity index is 599. The van der Waals surface area contributed by atoms with Crippen LogP contribution in [0.5, 0.6) is 5.75 Å². The van der Waals surface area contributed by atoms with Gasteiger partial charge in [0, 0.05) is 23.0 Å². The zero-order chi connectivity index (χ0) is 15.2. The molecule has 2 aromatic rings.